The predicted molar refractivity (Wildman–Crippen MR) is 101 cm³/mol. The number of benzene rings is 2. The van der Waals surface area contributed by atoms with Gasteiger partial charge in [-0.15, -0.1) is 11.8 Å². The molecule has 2 aromatic rings. The van der Waals surface area contributed by atoms with E-state index in [1.165, 1.54) is 48.1 Å². The summed E-state index contributed by atoms with van der Waals surface area (Å²) in [5, 5.41) is 0.817. The lowest BCUT2D eigenvalue weighted by Gasteiger charge is -2.40. The molecule has 0 saturated heterocycles. The number of thioether (sulfide) groups is 1. The highest BCUT2D eigenvalue weighted by atomic mass is 32.2. The molecule has 0 amide bonds. The first-order valence-electron chi connectivity index (χ1n) is 8.88. The molecular weight excluding hydrogens is 296 g/mol. The van der Waals surface area contributed by atoms with Gasteiger partial charge in [-0.25, -0.2) is 0 Å². The van der Waals surface area contributed by atoms with Crippen molar-refractivity contribution < 1.29 is 0 Å². The van der Waals surface area contributed by atoms with Crippen LogP contribution in [0.2, 0.25) is 0 Å². The number of rotatable bonds is 3. The van der Waals surface area contributed by atoms with Crippen LogP contribution >= 0.6 is 11.8 Å². The third-order valence-corrected chi connectivity index (χ3v) is 6.83. The summed E-state index contributed by atoms with van der Waals surface area (Å²) in [6.45, 7) is 0. The minimum atomic E-state index is 0.694. The summed E-state index contributed by atoms with van der Waals surface area (Å²) in [5.74, 6) is 1.56. The highest BCUT2D eigenvalue weighted by Crippen LogP contribution is 2.49. The van der Waals surface area contributed by atoms with Crippen LogP contribution in [-0.2, 0) is 6.42 Å². The van der Waals surface area contributed by atoms with E-state index in [2.05, 4.69) is 78.5 Å². The Labute approximate surface area is 144 Å². The van der Waals surface area contributed by atoms with Crippen LogP contribution in [0.3, 0.4) is 0 Å². The van der Waals surface area contributed by atoms with Crippen LogP contribution in [0.15, 0.2) is 66.7 Å². The Morgan fingerprint density at radius 3 is 2.30 bits per heavy atom. The van der Waals surface area contributed by atoms with Gasteiger partial charge >= 0.3 is 0 Å². The van der Waals surface area contributed by atoms with E-state index in [1.807, 2.05) is 0 Å². The quantitative estimate of drug-likeness (QED) is 0.649. The van der Waals surface area contributed by atoms with Gasteiger partial charge < -0.3 is 0 Å². The largest absolute Gasteiger partial charge is 0.122 e. The van der Waals surface area contributed by atoms with Gasteiger partial charge in [0, 0.05) is 10.2 Å². The molecule has 0 spiro atoms. The van der Waals surface area contributed by atoms with Crippen LogP contribution in [0.4, 0.5) is 0 Å². The molecule has 1 aliphatic heterocycles. The van der Waals surface area contributed by atoms with Crippen molar-refractivity contribution in [1.82, 2.24) is 0 Å². The second kappa shape index (κ2) is 6.97. The molecule has 118 valence electrons. The summed E-state index contributed by atoms with van der Waals surface area (Å²) in [5.41, 5.74) is 2.89. The lowest BCUT2D eigenvalue weighted by molar-refractivity contribution is 0.293. The van der Waals surface area contributed by atoms with Gasteiger partial charge in [-0.05, 0) is 42.2 Å². The summed E-state index contributed by atoms with van der Waals surface area (Å²) in [7, 11) is 0. The van der Waals surface area contributed by atoms with E-state index < -0.39 is 0 Å². The van der Waals surface area contributed by atoms with Crippen LogP contribution in [0.25, 0.3) is 4.91 Å². The molecule has 23 heavy (non-hydrogen) atoms. The molecule has 1 aliphatic carbocycles. The second-order valence-corrected chi connectivity index (χ2v) is 8.14. The zero-order valence-corrected chi connectivity index (χ0v) is 14.3. The Kier molecular flexibility index (Phi) is 4.57. The Hall–Kier alpha value is -1.47. The van der Waals surface area contributed by atoms with Crippen molar-refractivity contribution in [1.29, 1.82) is 0 Å². The average Bonchev–Trinajstić information content (AvgIpc) is 2.63. The van der Waals surface area contributed by atoms with E-state index in [-0.39, 0.29) is 0 Å². The van der Waals surface area contributed by atoms with E-state index in [0.717, 1.165) is 11.2 Å². The summed E-state index contributed by atoms with van der Waals surface area (Å²) in [4.78, 5) is 1.51. The van der Waals surface area contributed by atoms with Gasteiger partial charge in [-0.3, -0.25) is 0 Å². The maximum Gasteiger partial charge on any atom is 0.0128 e. The molecule has 0 unspecified atom stereocenters. The molecule has 1 heterocycles. The van der Waals surface area contributed by atoms with Crippen LogP contribution in [0.5, 0.6) is 0 Å². The highest BCUT2D eigenvalue weighted by Gasteiger charge is 2.35. The van der Waals surface area contributed by atoms with Gasteiger partial charge in [0.05, 0.1) is 0 Å². The molecule has 2 aliphatic rings. The van der Waals surface area contributed by atoms with Crippen LogP contribution in [0, 0.1) is 11.8 Å². The number of hydrogen-bond donors (Lipinski definition) is 0. The minimum absolute atomic E-state index is 0.694. The van der Waals surface area contributed by atoms with Crippen molar-refractivity contribution in [2.75, 3.05) is 0 Å². The molecule has 1 heteroatoms. The molecule has 0 bridgehead atoms. The van der Waals surface area contributed by atoms with Gasteiger partial charge in [-0.1, -0.05) is 79.6 Å². The van der Waals surface area contributed by atoms with Crippen molar-refractivity contribution >= 4 is 16.7 Å². The zero-order valence-electron chi connectivity index (χ0n) is 13.5. The van der Waals surface area contributed by atoms with Crippen LogP contribution in [-0.4, -0.2) is 5.25 Å². The van der Waals surface area contributed by atoms with Gasteiger partial charge in [0.2, 0.25) is 0 Å². The summed E-state index contributed by atoms with van der Waals surface area (Å²) in [6.07, 6.45) is 9.41. The first kappa shape index (κ1) is 15.1. The molecule has 1 saturated carbocycles. The zero-order chi connectivity index (χ0) is 15.5. The molecule has 0 N–H and O–H groups in total. The summed E-state index contributed by atoms with van der Waals surface area (Å²) < 4.78 is 0. The fourth-order valence-corrected chi connectivity index (χ4v) is 5.79. The maximum absolute atomic E-state index is 2.58. The lowest BCUT2D eigenvalue weighted by atomic mass is 9.76. The molecule has 0 nitrogen and oxygen atoms in total. The third-order valence-electron chi connectivity index (χ3n) is 5.32. The monoisotopic (exact) mass is 320 g/mol. The molecule has 2 aromatic carbocycles. The Balaban J connectivity index is 1.65. The van der Waals surface area contributed by atoms with Crippen molar-refractivity contribution in [3.05, 3.63) is 77.9 Å². The Morgan fingerprint density at radius 1 is 0.826 bits per heavy atom. The number of allylic oxidation sites excluding steroid dienone is 1. The van der Waals surface area contributed by atoms with Crippen molar-refractivity contribution in [3.8, 4) is 0 Å². The van der Waals surface area contributed by atoms with Gasteiger partial charge in [0.25, 0.3) is 0 Å². The van der Waals surface area contributed by atoms with Crippen molar-refractivity contribution in [2.45, 2.75) is 37.4 Å². The van der Waals surface area contributed by atoms with E-state index in [4.69, 9.17) is 0 Å². The smallest absolute Gasteiger partial charge is 0.0128 e. The number of fused-ring (bicyclic) bond motifs is 1. The molecule has 1 fully saturated rings. The fourth-order valence-electron chi connectivity index (χ4n) is 4.15. The SMILES string of the molecule is C1=C(c2ccccc2)S[C@@H]2CCCC[C@H]2[C@H]1Cc1ccccc1. The average molecular weight is 321 g/mol. The summed E-state index contributed by atoms with van der Waals surface area (Å²) >= 11 is 2.14. The molecule has 0 aromatic heterocycles. The fraction of sp³-hybridized carbons (Fsp3) is 0.364. The Bertz CT molecular complexity index is 659. The van der Waals surface area contributed by atoms with E-state index in [9.17, 15) is 0 Å². The van der Waals surface area contributed by atoms with E-state index in [0.29, 0.717) is 5.92 Å². The standard InChI is InChI=1S/C22H24S/c1-3-9-17(10-4-1)15-19-16-22(18-11-5-2-6-12-18)23-21-14-8-7-13-20(19)21/h1-6,9-12,16,19-21H,7-8,13-15H2/t19-,20-,21+/m0/s1. The second-order valence-electron chi connectivity index (χ2n) is 6.86. The predicted octanol–water partition coefficient (Wildman–Crippen LogP) is 6.19. The maximum atomic E-state index is 2.58. The van der Waals surface area contributed by atoms with Crippen LogP contribution < -0.4 is 0 Å². The van der Waals surface area contributed by atoms with E-state index in [1.54, 1.807) is 0 Å². The normalized spacial score (nSPS) is 27.1. The molecular formula is C22H24S. The minimum Gasteiger partial charge on any atom is -0.122 e. The van der Waals surface area contributed by atoms with Crippen LogP contribution in [0.1, 0.15) is 36.8 Å². The van der Waals surface area contributed by atoms with Gasteiger partial charge in [0.15, 0.2) is 0 Å². The topological polar surface area (TPSA) is 0 Å². The lowest BCUT2D eigenvalue weighted by Crippen LogP contribution is -2.32. The van der Waals surface area contributed by atoms with Gasteiger partial charge in [-0.2, -0.15) is 0 Å². The molecule has 3 atom stereocenters. The number of hydrogen-bond acceptors (Lipinski definition) is 1. The first-order valence-corrected chi connectivity index (χ1v) is 9.76. The third kappa shape index (κ3) is 3.40. The first-order chi connectivity index (χ1) is 11.4. The Morgan fingerprint density at radius 2 is 1.52 bits per heavy atom. The van der Waals surface area contributed by atoms with Crippen molar-refractivity contribution in [2.24, 2.45) is 11.8 Å². The van der Waals surface area contributed by atoms with Crippen molar-refractivity contribution in [3.63, 3.8) is 0 Å². The highest BCUT2D eigenvalue weighted by molar-refractivity contribution is 8.08. The molecule has 4 rings (SSSR count). The van der Waals surface area contributed by atoms with E-state index >= 15 is 0 Å². The summed E-state index contributed by atoms with van der Waals surface area (Å²) in [6, 6.07) is 22.0. The molecule has 0 radical (unpaired) electrons. The van der Waals surface area contributed by atoms with Gasteiger partial charge in [0.1, 0.15) is 0 Å².